The predicted octanol–water partition coefficient (Wildman–Crippen LogP) is 3.59. The number of halogens is 1. The smallest absolute Gasteiger partial charge is 0.276 e. The molecule has 1 unspecified atom stereocenters. The first kappa shape index (κ1) is 16.4. The van der Waals surface area contributed by atoms with Crippen molar-refractivity contribution in [2.75, 3.05) is 12.1 Å². The molecule has 1 aliphatic rings. The number of carbonyl (C=O) groups is 1. The van der Waals surface area contributed by atoms with Crippen LogP contribution in [0.5, 0.6) is 0 Å². The van der Waals surface area contributed by atoms with Gasteiger partial charge in [-0.2, -0.15) is 10.1 Å². The number of para-hydroxylation sites is 1. The Hall–Kier alpha value is -2.47. The van der Waals surface area contributed by atoms with Gasteiger partial charge in [0.1, 0.15) is 12.8 Å². The van der Waals surface area contributed by atoms with Crippen LogP contribution in [0.2, 0.25) is 0 Å². The second kappa shape index (κ2) is 6.57. The van der Waals surface area contributed by atoms with Crippen molar-refractivity contribution in [3.63, 3.8) is 0 Å². The molecule has 0 saturated carbocycles. The van der Waals surface area contributed by atoms with Gasteiger partial charge in [-0.15, -0.1) is 0 Å². The fourth-order valence-electron chi connectivity index (χ4n) is 2.58. The second-order valence-corrected chi connectivity index (χ2v) is 6.47. The van der Waals surface area contributed by atoms with Crippen molar-refractivity contribution in [1.82, 2.24) is 0 Å². The van der Waals surface area contributed by atoms with E-state index in [0.29, 0.717) is 17.1 Å². The van der Waals surface area contributed by atoms with Gasteiger partial charge in [-0.25, -0.2) is 0 Å². The predicted molar refractivity (Wildman–Crippen MR) is 98.7 cm³/mol. The molecule has 2 aromatic carbocycles. The third-order valence-corrected chi connectivity index (χ3v) is 5.08. The van der Waals surface area contributed by atoms with Gasteiger partial charge in [-0.1, -0.05) is 69.6 Å². The minimum atomic E-state index is -1.17. The van der Waals surface area contributed by atoms with Crippen molar-refractivity contribution in [1.29, 1.82) is 0 Å². The Morgan fingerprint density at radius 1 is 1.12 bits per heavy atom. The van der Waals surface area contributed by atoms with Crippen LogP contribution in [0, 0.1) is 0 Å². The van der Waals surface area contributed by atoms with Crippen LogP contribution in [0.4, 0.5) is 5.69 Å². The summed E-state index contributed by atoms with van der Waals surface area (Å²) in [6, 6.07) is 18.7. The summed E-state index contributed by atoms with van der Waals surface area (Å²) in [6.45, 7) is 1.80. The molecule has 0 saturated heterocycles. The van der Waals surface area contributed by atoms with Crippen molar-refractivity contribution in [3.05, 3.63) is 66.2 Å². The number of hydrogen-bond donors (Lipinski definition) is 0. The number of anilines is 1. The highest BCUT2D eigenvalue weighted by Crippen LogP contribution is 2.36. The number of alkyl halides is 1. The molecule has 122 valence electrons. The highest BCUT2D eigenvalue weighted by molar-refractivity contribution is 9.11. The molecule has 0 spiro atoms. The molecule has 2 aromatic rings. The van der Waals surface area contributed by atoms with E-state index in [2.05, 4.69) is 26.2 Å². The van der Waals surface area contributed by atoms with Gasteiger partial charge in [-0.05, 0) is 19.1 Å². The Labute approximate surface area is 148 Å². The maximum atomic E-state index is 13.2. The minimum absolute atomic E-state index is 0.231. The summed E-state index contributed by atoms with van der Waals surface area (Å²) in [4.78, 5) is 18.2. The molecule has 1 amide bonds. The largest absolute Gasteiger partial charge is 0.399 e. The number of benzene rings is 2. The zero-order valence-corrected chi connectivity index (χ0v) is 14.9. The molecule has 0 aliphatic carbocycles. The SMILES string of the molecule is CON=C(c1ccccc1)C1(Br)C(=O)N(c2ccccc2)N=C1C. The monoisotopic (exact) mass is 385 g/mol. The average Bonchev–Trinajstić information content (AvgIpc) is 2.86. The Kier molecular flexibility index (Phi) is 4.49. The minimum Gasteiger partial charge on any atom is -0.399 e. The maximum Gasteiger partial charge on any atom is 0.276 e. The molecule has 0 aromatic heterocycles. The zero-order valence-electron chi connectivity index (χ0n) is 13.3. The van der Waals surface area contributed by atoms with Crippen LogP contribution in [0.3, 0.4) is 0 Å². The number of hydrazone groups is 1. The average molecular weight is 386 g/mol. The molecule has 3 rings (SSSR count). The molecular weight excluding hydrogens is 370 g/mol. The van der Waals surface area contributed by atoms with Gasteiger partial charge in [-0.3, -0.25) is 4.79 Å². The van der Waals surface area contributed by atoms with Gasteiger partial charge in [0.25, 0.3) is 5.91 Å². The quantitative estimate of drug-likeness (QED) is 0.458. The summed E-state index contributed by atoms with van der Waals surface area (Å²) >= 11 is 3.59. The lowest BCUT2D eigenvalue weighted by atomic mass is 9.92. The van der Waals surface area contributed by atoms with E-state index < -0.39 is 4.32 Å². The fourth-order valence-corrected chi connectivity index (χ4v) is 3.13. The molecule has 0 radical (unpaired) electrons. The molecule has 0 N–H and O–H groups in total. The van der Waals surface area contributed by atoms with Crippen molar-refractivity contribution in [3.8, 4) is 0 Å². The van der Waals surface area contributed by atoms with Crippen molar-refractivity contribution >= 4 is 38.9 Å². The Morgan fingerprint density at radius 3 is 2.29 bits per heavy atom. The number of carbonyl (C=O) groups excluding carboxylic acids is 1. The molecule has 1 heterocycles. The molecule has 5 nitrogen and oxygen atoms in total. The van der Waals surface area contributed by atoms with E-state index in [0.717, 1.165) is 5.56 Å². The first-order valence-corrected chi connectivity index (χ1v) is 8.19. The summed E-state index contributed by atoms with van der Waals surface area (Å²) in [7, 11) is 1.46. The van der Waals surface area contributed by atoms with Crippen LogP contribution in [-0.2, 0) is 9.63 Å². The molecule has 0 bridgehead atoms. The van der Waals surface area contributed by atoms with Crippen LogP contribution in [-0.4, -0.2) is 28.8 Å². The molecule has 1 atom stereocenters. The van der Waals surface area contributed by atoms with Crippen molar-refractivity contribution in [2.24, 2.45) is 10.3 Å². The van der Waals surface area contributed by atoms with Crippen LogP contribution in [0.15, 0.2) is 70.9 Å². The van der Waals surface area contributed by atoms with E-state index in [1.165, 1.54) is 12.1 Å². The van der Waals surface area contributed by atoms with Gasteiger partial charge in [0.15, 0.2) is 4.32 Å². The second-order valence-electron chi connectivity index (χ2n) is 5.28. The first-order valence-electron chi connectivity index (χ1n) is 7.40. The van der Waals surface area contributed by atoms with E-state index in [1.807, 2.05) is 60.7 Å². The molecule has 1 aliphatic heterocycles. The molecule has 24 heavy (non-hydrogen) atoms. The van der Waals surface area contributed by atoms with Crippen LogP contribution in [0.1, 0.15) is 12.5 Å². The van der Waals surface area contributed by atoms with E-state index in [9.17, 15) is 4.79 Å². The standard InChI is InChI=1S/C18H16BrN3O2/c1-13-18(19,16(21-24-2)14-9-5-3-6-10-14)17(23)22(20-13)15-11-7-4-8-12-15/h3-12H,1-2H3. The van der Waals surface area contributed by atoms with Gasteiger partial charge in [0, 0.05) is 5.56 Å². The van der Waals surface area contributed by atoms with Crippen LogP contribution >= 0.6 is 15.9 Å². The number of amides is 1. The number of rotatable bonds is 4. The lowest BCUT2D eigenvalue weighted by molar-refractivity contribution is -0.117. The summed E-state index contributed by atoms with van der Waals surface area (Å²) in [5, 5.41) is 9.94. The lowest BCUT2D eigenvalue weighted by Gasteiger charge is -2.23. The van der Waals surface area contributed by atoms with Crippen molar-refractivity contribution in [2.45, 2.75) is 11.2 Å². The number of nitrogens with zero attached hydrogens (tertiary/aromatic N) is 3. The molecule has 0 fully saturated rings. The Bertz CT molecular complexity index is 806. The maximum absolute atomic E-state index is 13.2. The van der Waals surface area contributed by atoms with E-state index >= 15 is 0 Å². The highest BCUT2D eigenvalue weighted by Gasteiger charge is 2.52. The summed E-state index contributed by atoms with van der Waals surface area (Å²) in [5.41, 5.74) is 2.55. The summed E-state index contributed by atoms with van der Waals surface area (Å²) in [6.07, 6.45) is 0. The van der Waals surface area contributed by atoms with Crippen molar-refractivity contribution < 1.29 is 9.63 Å². The topological polar surface area (TPSA) is 54.3 Å². The third-order valence-electron chi connectivity index (χ3n) is 3.79. The van der Waals surface area contributed by atoms with Gasteiger partial charge < -0.3 is 4.84 Å². The van der Waals surface area contributed by atoms with Crippen LogP contribution < -0.4 is 5.01 Å². The number of hydrogen-bond acceptors (Lipinski definition) is 4. The molecular formula is C18H16BrN3O2. The fraction of sp³-hybridized carbons (Fsp3) is 0.167. The van der Waals surface area contributed by atoms with Crippen LogP contribution in [0.25, 0.3) is 0 Å². The van der Waals surface area contributed by atoms with Gasteiger partial charge in [0.05, 0.1) is 11.4 Å². The van der Waals surface area contributed by atoms with Gasteiger partial charge in [0.2, 0.25) is 0 Å². The third kappa shape index (κ3) is 2.63. The zero-order chi connectivity index (χ0) is 17.2. The first-order chi connectivity index (χ1) is 11.6. The Morgan fingerprint density at radius 2 is 1.71 bits per heavy atom. The van der Waals surface area contributed by atoms with E-state index in [4.69, 9.17) is 4.84 Å². The Balaban J connectivity index is 2.08. The lowest BCUT2D eigenvalue weighted by Crippen LogP contribution is -2.47. The van der Waals surface area contributed by atoms with E-state index in [-0.39, 0.29) is 5.91 Å². The number of oxime groups is 1. The van der Waals surface area contributed by atoms with E-state index in [1.54, 1.807) is 6.92 Å². The summed E-state index contributed by atoms with van der Waals surface area (Å²) in [5.74, 6) is -0.231. The normalized spacial score (nSPS) is 21.0. The summed E-state index contributed by atoms with van der Waals surface area (Å²) < 4.78 is -1.17. The van der Waals surface area contributed by atoms with Gasteiger partial charge >= 0.3 is 0 Å². The molecule has 6 heteroatoms. The highest BCUT2D eigenvalue weighted by atomic mass is 79.9.